The average Bonchev–Trinajstić information content (AvgIpc) is 3.13. The number of hydrogen-bond donors (Lipinski definition) is 2. The highest BCUT2D eigenvalue weighted by atomic mass is 16.2. The Hall–Kier alpha value is -3.32. The van der Waals surface area contributed by atoms with Crippen LogP contribution in [0.25, 0.3) is 10.9 Å². The largest absolute Gasteiger partial charge is 0.352 e. The zero-order valence-electron chi connectivity index (χ0n) is 22.5. The van der Waals surface area contributed by atoms with Gasteiger partial charge in [-0.15, -0.1) is 0 Å². The van der Waals surface area contributed by atoms with Crippen LogP contribution in [-0.4, -0.2) is 52.0 Å². The molecule has 0 bridgehead atoms. The third-order valence-electron chi connectivity index (χ3n) is 8.26. The minimum absolute atomic E-state index is 0.0179. The molecule has 194 valence electrons. The van der Waals surface area contributed by atoms with Crippen LogP contribution in [0.15, 0.2) is 48.5 Å². The van der Waals surface area contributed by atoms with Crippen LogP contribution in [0.5, 0.6) is 0 Å². The number of nitrogens with zero attached hydrogens (tertiary/aromatic N) is 3. The maximum atomic E-state index is 13.6. The molecule has 1 saturated heterocycles. The number of piperidine rings is 1. The molecule has 7 nitrogen and oxygen atoms in total. The van der Waals surface area contributed by atoms with Crippen LogP contribution < -0.4 is 15.5 Å². The molecule has 0 saturated carbocycles. The van der Waals surface area contributed by atoms with Crippen molar-refractivity contribution in [3.05, 3.63) is 65.4 Å². The van der Waals surface area contributed by atoms with Crippen molar-refractivity contribution in [2.24, 2.45) is 0 Å². The van der Waals surface area contributed by atoms with Gasteiger partial charge < -0.3 is 25.0 Å². The molecule has 3 aromatic rings. The van der Waals surface area contributed by atoms with E-state index in [2.05, 4.69) is 73.0 Å². The first-order chi connectivity index (χ1) is 17.5. The SMILES string of the molecule is CN1c2ccccc2C(=O)N2CCc3c(n(CC(=O)NC4CC(C)(C)NC(C)(C)C4)c4ccccc34)[C@@H]21. The molecule has 4 heterocycles. The third-order valence-corrected chi connectivity index (χ3v) is 8.26. The number of hydrogen-bond acceptors (Lipinski definition) is 4. The minimum atomic E-state index is -0.247. The highest BCUT2D eigenvalue weighted by Crippen LogP contribution is 2.44. The van der Waals surface area contributed by atoms with Crippen molar-refractivity contribution in [1.29, 1.82) is 0 Å². The van der Waals surface area contributed by atoms with Gasteiger partial charge in [-0.2, -0.15) is 0 Å². The van der Waals surface area contributed by atoms with Crippen molar-refractivity contribution >= 4 is 28.4 Å². The normalized spacial score (nSPS) is 22.4. The first kappa shape index (κ1) is 24.0. The molecule has 0 aliphatic carbocycles. The van der Waals surface area contributed by atoms with Crippen LogP contribution in [0.3, 0.4) is 0 Å². The van der Waals surface area contributed by atoms with E-state index < -0.39 is 0 Å². The number of aromatic nitrogens is 1. The summed E-state index contributed by atoms with van der Waals surface area (Å²) in [5, 5.41) is 8.22. The molecule has 0 radical (unpaired) electrons. The number of anilines is 1. The molecule has 1 atom stereocenters. The van der Waals surface area contributed by atoms with E-state index in [4.69, 9.17) is 0 Å². The lowest BCUT2D eigenvalue weighted by Crippen LogP contribution is -2.62. The minimum Gasteiger partial charge on any atom is -0.352 e. The van der Waals surface area contributed by atoms with E-state index in [0.717, 1.165) is 41.7 Å². The number of benzene rings is 2. The second kappa shape index (κ2) is 8.35. The van der Waals surface area contributed by atoms with Crippen LogP contribution in [0.4, 0.5) is 5.69 Å². The third kappa shape index (κ3) is 4.00. The quantitative estimate of drug-likeness (QED) is 0.566. The molecule has 6 rings (SSSR count). The number of amides is 2. The topological polar surface area (TPSA) is 69.6 Å². The monoisotopic (exact) mass is 499 g/mol. The van der Waals surface area contributed by atoms with Crippen molar-refractivity contribution in [3.63, 3.8) is 0 Å². The summed E-state index contributed by atoms with van der Waals surface area (Å²) in [7, 11) is 2.05. The molecule has 2 N–H and O–H groups in total. The highest BCUT2D eigenvalue weighted by Gasteiger charge is 2.43. The summed E-state index contributed by atoms with van der Waals surface area (Å²) in [6.45, 7) is 9.69. The Labute approximate surface area is 218 Å². The molecule has 2 amide bonds. The zero-order chi connectivity index (χ0) is 26.1. The summed E-state index contributed by atoms with van der Waals surface area (Å²) >= 11 is 0. The summed E-state index contributed by atoms with van der Waals surface area (Å²) in [4.78, 5) is 31.3. The van der Waals surface area contributed by atoms with E-state index >= 15 is 0 Å². The van der Waals surface area contributed by atoms with Crippen molar-refractivity contribution in [1.82, 2.24) is 20.1 Å². The number of para-hydroxylation sites is 2. The average molecular weight is 500 g/mol. The van der Waals surface area contributed by atoms with Crippen LogP contribution in [0.2, 0.25) is 0 Å². The van der Waals surface area contributed by atoms with Gasteiger partial charge in [-0.05, 0) is 70.7 Å². The van der Waals surface area contributed by atoms with Crippen molar-refractivity contribution in [2.75, 3.05) is 18.5 Å². The second-order valence-electron chi connectivity index (χ2n) is 12.3. The van der Waals surface area contributed by atoms with Gasteiger partial charge in [0.1, 0.15) is 12.7 Å². The van der Waals surface area contributed by atoms with Gasteiger partial charge >= 0.3 is 0 Å². The molecular weight excluding hydrogens is 462 g/mol. The van der Waals surface area contributed by atoms with E-state index in [1.54, 1.807) is 0 Å². The summed E-state index contributed by atoms with van der Waals surface area (Å²) < 4.78 is 2.16. The van der Waals surface area contributed by atoms with Gasteiger partial charge in [0, 0.05) is 41.6 Å². The fourth-order valence-electron chi connectivity index (χ4n) is 7.32. The Morgan fingerprint density at radius 3 is 2.46 bits per heavy atom. The molecule has 1 aromatic heterocycles. The first-order valence-corrected chi connectivity index (χ1v) is 13.4. The maximum Gasteiger partial charge on any atom is 0.257 e. The fraction of sp³-hybridized carbons (Fsp3) is 0.467. The van der Waals surface area contributed by atoms with E-state index in [1.165, 1.54) is 10.9 Å². The van der Waals surface area contributed by atoms with Gasteiger partial charge in [0.05, 0.1) is 16.9 Å². The number of carbonyl (C=O) groups is 2. The standard InChI is InChI=1S/C30H37N5O2/c1-29(2)16-19(17-30(3,4)32-29)31-25(36)18-35-24-13-9-6-10-20(24)21-14-15-34-27(26(21)35)33(5)23-12-8-7-11-22(23)28(34)37/h6-13,19,27,32H,14-18H2,1-5H3,(H,31,36)/t27-/m1/s1. The molecular formula is C30H37N5O2. The highest BCUT2D eigenvalue weighted by molar-refractivity contribution is 6.02. The van der Waals surface area contributed by atoms with Gasteiger partial charge in [0.25, 0.3) is 5.91 Å². The molecule has 7 heteroatoms. The number of fused-ring (bicyclic) bond motifs is 6. The Morgan fingerprint density at radius 2 is 1.70 bits per heavy atom. The summed E-state index contributed by atoms with van der Waals surface area (Å²) in [6.07, 6.45) is 2.30. The van der Waals surface area contributed by atoms with Crippen molar-refractivity contribution in [3.8, 4) is 0 Å². The molecule has 0 unspecified atom stereocenters. The van der Waals surface area contributed by atoms with Gasteiger partial charge in [-0.25, -0.2) is 0 Å². The molecule has 3 aliphatic heterocycles. The second-order valence-corrected chi connectivity index (χ2v) is 12.3. The lowest BCUT2D eigenvalue weighted by molar-refractivity contribution is -0.122. The molecule has 37 heavy (non-hydrogen) atoms. The lowest BCUT2D eigenvalue weighted by atomic mass is 9.79. The van der Waals surface area contributed by atoms with Gasteiger partial charge in [-0.3, -0.25) is 9.59 Å². The van der Waals surface area contributed by atoms with Crippen LogP contribution in [0, 0.1) is 0 Å². The Balaban J connectivity index is 1.38. The molecule has 1 fully saturated rings. The summed E-state index contributed by atoms with van der Waals surface area (Å²) in [6, 6.07) is 16.3. The van der Waals surface area contributed by atoms with Gasteiger partial charge in [0.15, 0.2) is 0 Å². The first-order valence-electron chi connectivity index (χ1n) is 13.4. The number of nitrogens with one attached hydrogen (secondary N) is 2. The Kier molecular flexibility index (Phi) is 5.42. The van der Waals surface area contributed by atoms with Gasteiger partial charge in [0.2, 0.25) is 5.91 Å². The Bertz CT molecular complexity index is 1390. The number of rotatable bonds is 3. The van der Waals surface area contributed by atoms with Crippen LogP contribution in [0.1, 0.15) is 68.3 Å². The zero-order valence-corrected chi connectivity index (χ0v) is 22.5. The maximum absolute atomic E-state index is 13.6. The van der Waals surface area contributed by atoms with E-state index in [9.17, 15) is 9.59 Å². The summed E-state index contributed by atoms with van der Waals surface area (Å²) in [5.74, 6) is 0.0779. The smallest absolute Gasteiger partial charge is 0.257 e. The molecule has 2 aromatic carbocycles. The van der Waals surface area contributed by atoms with Gasteiger partial charge in [-0.1, -0.05) is 30.3 Å². The fourth-order valence-corrected chi connectivity index (χ4v) is 7.32. The molecule has 3 aliphatic rings. The van der Waals surface area contributed by atoms with Crippen molar-refractivity contribution < 1.29 is 9.59 Å². The van der Waals surface area contributed by atoms with E-state index in [1.807, 2.05) is 35.2 Å². The van der Waals surface area contributed by atoms with E-state index in [0.29, 0.717) is 6.54 Å². The van der Waals surface area contributed by atoms with Crippen molar-refractivity contribution in [2.45, 2.75) is 76.8 Å². The predicted octanol–water partition coefficient (Wildman–Crippen LogP) is 4.21. The predicted molar refractivity (Wildman–Crippen MR) is 147 cm³/mol. The number of carbonyl (C=O) groups excluding carboxylic acids is 2. The Morgan fingerprint density at radius 1 is 1.03 bits per heavy atom. The van der Waals surface area contributed by atoms with Crippen LogP contribution in [-0.2, 0) is 17.8 Å². The summed E-state index contributed by atoms with van der Waals surface area (Å²) in [5.41, 5.74) is 4.93. The molecule has 0 spiro atoms. The lowest BCUT2D eigenvalue weighted by Gasteiger charge is -2.47. The van der Waals surface area contributed by atoms with Crippen LogP contribution >= 0.6 is 0 Å². The van der Waals surface area contributed by atoms with E-state index in [-0.39, 0.29) is 41.6 Å².